The molecule has 6 fully saturated rings. The molecule has 0 bridgehead atoms. The van der Waals surface area contributed by atoms with Crippen molar-refractivity contribution in [1.82, 2.24) is 16.0 Å². The second kappa shape index (κ2) is 8.91. The van der Waals surface area contributed by atoms with Gasteiger partial charge in [0.1, 0.15) is 0 Å². The third-order valence-corrected chi connectivity index (χ3v) is 13.1. The fourth-order valence-electron chi connectivity index (χ4n) is 9.75. The van der Waals surface area contributed by atoms with Crippen LogP contribution < -0.4 is 16.0 Å². The summed E-state index contributed by atoms with van der Waals surface area (Å²) in [6.45, 7) is 6.91. The van der Waals surface area contributed by atoms with E-state index in [1.165, 1.54) is 6.42 Å². The molecule has 4 unspecified atom stereocenters. The molecule has 3 amide bonds. The highest BCUT2D eigenvalue weighted by Gasteiger charge is 2.64. The van der Waals surface area contributed by atoms with Crippen LogP contribution >= 0.6 is 11.8 Å². The highest BCUT2D eigenvalue weighted by molar-refractivity contribution is 8.00. The lowest BCUT2D eigenvalue weighted by atomic mass is 9.43. The first kappa shape index (κ1) is 25.1. The van der Waals surface area contributed by atoms with Crippen molar-refractivity contribution in [3.05, 3.63) is 11.6 Å². The molecule has 2 saturated heterocycles. The number of fused-ring (bicyclic) bond motifs is 6. The minimum atomic E-state index is -0.737. The normalized spacial score (nSPS) is 52.6. The number of amides is 3. The average molecular weight is 518 g/mol. The summed E-state index contributed by atoms with van der Waals surface area (Å²) in [5.74, 6) is 1.91. The van der Waals surface area contributed by atoms with E-state index in [0.29, 0.717) is 18.3 Å². The molecule has 12 atom stereocenters. The van der Waals surface area contributed by atoms with Gasteiger partial charge in [-0.25, -0.2) is 4.79 Å². The number of aliphatic hydroxyl groups is 2. The number of carbonyl (C=O) groups excluding carboxylic acids is 2. The number of hydrogen-bond donors (Lipinski definition) is 5. The Bertz CT molecular complexity index is 959. The fourth-order valence-corrected chi connectivity index (χ4v) is 11.2. The number of carbonyl (C=O) groups is 2. The van der Waals surface area contributed by atoms with Gasteiger partial charge in [-0.3, -0.25) is 4.79 Å². The van der Waals surface area contributed by atoms with Crippen molar-refractivity contribution in [2.45, 2.75) is 108 Å². The number of aliphatic hydroxyl groups excluding tert-OH is 2. The van der Waals surface area contributed by atoms with Crippen molar-refractivity contribution >= 4 is 23.7 Å². The Morgan fingerprint density at radius 2 is 1.92 bits per heavy atom. The molecule has 36 heavy (non-hydrogen) atoms. The van der Waals surface area contributed by atoms with Crippen molar-refractivity contribution in [2.24, 2.45) is 34.5 Å². The molecule has 7 nitrogen and oxygen atoms in total. The van der Waals surface area contributed by atoms with Crippen LogP contribution in [0, 0.1) is 34.5 Å². The summed E-state index contributed by atoms with van der Waals surface area (Å²) in [5, 5.41) is 32.3. The van der Waals surface area contributed by atoms with Crippen LogP contribution in [0.1, 0.15) is 72.1 Å². The van der Waals surface area contributed by atoms with E-state index in [4.69, 9.17) is 0 Å². The lowest BCUT2D eigenvalue weighted by molar-refractivity contribution is -0.211. The number of allylic oxidation sites excluding steroid dienone is 2. The van der Waals surface area contributed by atoms with Crippen LogP contribution in [-0.4, -0.2) is 63.5 Å². The second-order valence-electron chi connectivity index (χ2n) is 13.1. The van der Waals surface area contributed by atoms with Gasteiger partial charge in [0, 0.05) is 23.5 Å². The number of urea groups is 1. The molecule has 0 aromatic carbocycles. The fraction of sp³-hybridized carbons (Fsp3) is 0.857. The number of thioether (sulfide) groups is 1. The van der Waals surface area contributed by atoms with E-state index in [0.717, 1.165) is 44.3 Å². The molecule has 6 aliphatic rings. The van der Waals surface area contributed by atoms with Gasteiger partial charge in [0.25, 0.3) is 0 Å². The number of rotatable bonds is 3. The van der Waals surface area contributed by atoms with Crippen molar-refractivity contribution in [3.8, 4) is 0 Å². The Morgan fingerprint density at radius 3 is 2.69 bits per heavy atom. The van der Waals surface area contributed by atoms with Crippen LogP contribution in [0.15, 0.2) is 11.6 Å². The van der Waals surface area contributed by atoms with E-state index in [1.807, 2.05) is 0 Å². The highest BCUT2D eigenvalue weighted by Crippen LogP contribution is 2.67. The van der Waals surface area contributed by atoms with E-state index < -0.39 is 12.2 Å². The maximum absolute atomic E-state index is 13.0. The third kappa shape index (κ3) is 3.68. The van der Waals surface area contributed by atoms with E-state index in [9.17, 15) is 19.8 Å². The quantitative estimate of drug-likeness (QED) is 0.292. The molecule has 2 aliphatic heterocycles. The largest absolute Gasteiger partial charge is 0.390 e. The predicted molar refractivity (Wildman–Crippen MR) is 140 cm³/mol. The van der Waals surface area contributed by atoms with Gasteiger partial charge >= 0.3 is 6.03 Å². The van der Waals surface area contributed by atoms with Crippen molar-refractivity contribution < 1.29 is 19.8 Å². The predicted octanol–water partition coefficient (Wildman–Crippen LogP) is 2.96. The van der Waals surface area contributed by atoms with Gasteiger partial charge < -0.3 is 26.2 Å². The van der Waals surface area contributed by atoms with Crippen LogP contribution in [0.2, 0.25) is 0 Å². The summed E-state index contributed by atoms with van der Waals surface area (Å²) in [4.78, 5) is 24.7. The van der Waals surface area contributed by atoms with Gasteiger partial charge in [-0.1, -0.05) is 25.5 Å². The maximum Gasteiger partial charge on any atom is 0.315 e. The van der Waals surface area contributed by atoms with Crippen molar-refractivity contribution in [2.75, 3.05) is 5.75 Å². The third-order valence-electron chi connectivity index (χ3n) is 11.6. The lowest BCUT2D eigenvalue weighted by Crippen LogP contribution is -2.64. The van der Waals surface area contributed by atoms with E-state index in [-0.39, 0.29) is 58.0 Å². The molecule has 0 aromatic rings. The van der Waals surface area contributed by atoms with Crippen LogP contribution in [0.3, 0.4) is 0 Å². The van der Waals surface area contributed by atoms with Crippen molar-refractivity contribution in [1.29, 1.82) is 0 Å². The smallest absolute Gasteiger partial charge is 0.315 e. The maximum atomic E-state index is 13.0. The standard InChI is InChI=1S/C28H43N3O4S/c1-4-14-5-6-16-22-17(8-10-27(14,16)2)28(3)9-7-15(11-18(28)24(33)25(22)34)29-21(32)12-20-23-19(13-36-20)30-26(35)31-23/h4,15-20,22-25,33-34H,5-13H2,1-3H3,(H,29,32)(H2,30,31,35)/t15-,16?,17?,18?,19-,20-,22?,23-,24+,25+,27+,28+/m0/s1. The Hall–Kier alpha value is -1.25. The summed E-state index contributed by atoms with van der Waals surface area (Å²) in [6.07, 6.45) is 8.45. The van der Waals surface area contributed by atoms with Crippen LogP contribution in [0.5, 0.6) is 0 Å². The zero-order chi connectivity index (χ0) is 25.4. The van der Waals surface area contributed by atoms with Gasteiger partial charge in [-0.15, -0.1) is 0 Å². The van der Waals surface area contributed by atoms with Crippen molar-refractivity contribution in [3.63, 3.8) is 0 Å². The summed E-state index contributed by atoms with van der Waals surface area (Å²) in [6, 6.07) is 0.0323. The molecule has 0 spiro atoms. The molecule has 8 heteroatoms. The molecule has 0 radical (unpaired) electrons. The Morgan fingerprint density at radius 1 is 1.11 bits per heavy atom. The molecule has 5 N–H and O–H groups in total. The van der Waals surface area contributed by atoms with E-state index in [1.54, 1.807) is 17.3 Å². The zero-order valence-corrected chi connectivity index (χ0v) is 22.7. The van der Waals surface area contributed by atoms with Crippen LogP contribution in [-0.2, 0) is 4.79 Å². The number of nitrogens with one attached hydrogen (secondary N) is 3. The average Bonchev–Trinajstić information content (AvgIpc) is 3.50. The van der Waals surface area contributed by atoms with Gasteiger partial charge in [-0.05, 0) is 86.4 Å². The monoisotopic (exact) mass is 517 g/mol. The minimum absolute atomic E-state index is 0.00111. The lowest BCUT2D eigenvalue weighted by Gasteiger charge is -2.63. The minimum Gasteiger partial charge on any atom is -0.390 e. The second-order valence-corrected chi connectivity index (χ2v) is 14.3. The summed E-state index contributed by atoms with van der Waals surface area (Å²) < 4.78 is 0. The first-order valence-electron chi connectivity index (χ1n) is 14.2. The Labute approximate surface area is 219 Å². The highest BCUT2D eigenvalue weighted by atomic mass is 32.2. The Kier molecular flexibility index (Phi) is 6.20. The SMILES string of the molecule is CC=C1CCC2C3C(CC[C@]12C)[C@@]1(C)CC[C@H](NC(=O)C[C@@H]2SC[C@@H]4NC(=O)N[C@@H]42)CC1[C@@H](O)[C@@H]3O. The Balaban J connectivity index is 1.13. The molecule has 6 rings (SSSR count). The van der Waals surface area contributed by atoms with Gasteiger partial charge in [-0.2, -0.15) is 11.8 Å². The summed E-state index contributed by atoms with van der Waals surface area (Å²) >= 11 is 1.75. The first-order chi connectivity index (χ1) is 17.2. The molecular weight excluding hydrogens is 474 g/mol. The summed E-state index contributed by atoms with van der Waals surface area (Å²) in [5.41, 5.74) is 1.71. The van der Waals surface area contributed by atoms with Crippen LogP contribution in [0.25, 0.3) is 0 Å². The molecule has 4 saturated carbocycles. The van der Waals surface area contributed by atoms with E-state index >= 15 is 0 Å². The molecule has 4 aliphatic carbocycles. The topological polar surface area (TPSA) is 111 Å². The molecule has 2 heterocycles. The molecule has 200 valence electrons. The zero-order valence-electron chi connectivity index (χ0n) is 21.8. The first-order valence-corrected chi connectivity index (χ1v) is 15.2. The number of hydrogen-bond acceptors (Lipinski definition) is 5. The van der Waals surface area contributed by atoms with Gasteiger partial charge in [0.15, 0.2) is 0 Å². The van der Waals surface area contributed by atoms with Gasteiger partial charge in [0.2, 0.25) is 5.91 Å². The summed E-state index contributed by atoms with van der Waals surface area (Å²) in [7, 11) is 0. The molecule has 0 aromatic heterocycles. The molecular formula is C28H43N3O4S. The van der Waals surface area contributed by atoms with Crippen LogP contribution in [0.4, 0.5) is 4.79 Å². The van der Waals surface area contributed by atoms with E-state index in [2.05, 4.69) is 42.8 Å². The van der Waals surface area contributed by atoms with Gasteiger partial charge in [0.05, 0.1) is 24.3 Å².